The molecule has 3 rings (SSSR count). The van der Waals surface area contributed by atoms with Crippen LogP contribution in [0, 0.1) is 12.3 Å². The van der Waals surface area contributed by atoms with Gasteiger partial charge in [-0.05, 0) is 43.4 Å². The summed E-state index contributed by atoms with van der Waals surface area (Å²) in [7, 11) is -3.99. The van der Waals surface area contributed by atoms with Crippen LogP contribution in [0.2, 0.25) is 0 Å². The van der Waals surface area contributed by atoms with Crippen molar-refractivity contribution in [1.29, 1.82) is 0 Å². The second kappa shape index (κ2) is 11.1. The second-order valence-electron chi connectivity index (χ2n) is 9.39. The molecule has 2 atom stereocenters. The van der Waals surface area contributed by atoms with Crippen molar-refractivity contribution in [2.24, 2.45) is 5.41 Å². The topological polar surface area (TPSA) is 114 Å². The molecule has 35 heavy (non-hydrogen) atoms. The quantitative estimate of drug-likeness (QED) is 0.285. The van der Waals surface area contributed by atoms with Crippen LogP contribution >= 0.6 is 0 Å². The first-order chi connectivity index (χ1) is 16.6. The Balaban J connectivity index is 1.97. The van der Waals surface area contributed by atoms with Gasteiger partial charge in [-0.25, -0.2) is 13.4 Å². The number of pyridine rings is 1. The van der Waals surface area contributed by atoms with Crippen LogP contribution in [-0.2, 0) is 25.8 Å². The van der Waals surface area contributed by atoms with Gasteiger partial charge < -0.3 is 15.0 Å². The number of imidazole rings is 1. The van der Waals surface area contributed by atoms with Gasteiger partial charge >= 0.3 is 5.97 Å². The van der Waals surface area contributed by atoms with E-state index < -0.39 is 32.7 Å². The molecule has 9 heteroatoms. The van der Waals surface area contributed by atoms with Crippen molar-refractivity contribution >= 4 is 26.8 Å². The van der Waals surface area contributed by atoms with Gasteiger partial charge in [0.1, 0.15) is 11.3 Å². The standard InChI is InChI=1S/C26H34N4O4S/c1-6-14-27-22(25(34-23(31)7-2)35(32,33)19-11-9-8-10-12-19)17-26(4,5)16-21-24-20(13-15-28-21)29-18(3)30-24/h6,8-13,15,22,25,27H,1,7,14,16-17H2,2-5H3,(H,29,30)/t22-,25?/m0/s1. The van der Waals surface area contributed by atoms with Crippen LogP contribution in [-0.4, -0.2) is 47.4 Å². The maximum Gasteiger partial charge on any atom is 0.306 e. The molecule has 0 bridgehead atoms. The van der Waals surface area contributed by atoms with E-state index in [1.807, 2.05) is 26.8 Å². The van der Waals surface area contributed by atoms with Gasteiger partial charge in [-0.15, -0.1) is 6.58 Å². The van der Waals surface area contributed by atoms with Crippen LogP contribution in [0.15, 0.2) is 60.1 Å². The lowest BCUT2D eigenvalue weighted by Gasteiger charge is -2.34. The van der Waals surface area contributed by atoms with Gasteiger partial charge in [0.05, 0.1) is 22.1 Å². The van der Waals surface area contributed by atoms with Gasteiger partial charge in [0.2, 0.25) is 15.3 Å². The number of hydrogen-bond acceptors (Lipinski definition) is 7. The number of sulfone groups is 1. The summed E-state index contributed by atoms with van der Waals surface area (Å²) in [6.45, 7) is 11.7. The molecule has 0 aliphatic heterocycles. The Morgan fingerprint density at radius 3 is 2.63 bits per heavy atom. The van der Waals surface area contributed by atoms with Crippen molar-refractivity contribution in [1.82, 2.24) is 20.3 Å². The summed E-state index contributed by atoms with van der Waals surface area (Å²) >= 11 is 0. The maximum absolute atomic E-state index is 13.6. The van der Waals surface area contributed by atoms with E-state index in [9.17, 15) is 13.2 Å². The van der Waals surface area contributed by atoms with E-state index in [0.29, 0.717) is 19.4 Å². The molecule has 0 spiro atoms. The number of aryl methyl sites for hydroxylation is 1. The second-order valence-corrected chi connectivity index (χ2v) is 11.4. The summed E-state index contributed by atoms with van der Waals surface area (Å²) in [5.74, 6) is 0.231. The van der Waals surface area contributed by atoms with Crippen LogP contribution in [0.1, 0.15) is 45.1 Å². The van der Waals surface area contributed by atoms with E-state index in [1.165, 1.54) is 12.1 Å². The predicted molar refractivity (Wildman–Crippen MR) is 137 cm³/mol. The molecule has 188 valence electrons. The lowest BCUT2D eigenvalue weighted by Crippen LogP contribution is -2.49. The van der Waals surface area contributed by atoms with Crippen molar-refractivity contribution in [3.05, 3.63) is 66.8 Å². The number of aromatic amines is 1. The molecule has 3 aromatic rings. The number of carbonyl (C=O) groups excluding carboxylic acids is 1. The summed E-state index contributed by atoms with van der Waals surface area (Å²) in [6, 6.07) is 9.29. The minimum Gasteiger partial charge on any atom is -0.444 e. The van der Waals surface area contributed by atoms with E-state index in [1.54, 1.807) is 37.4 Å². The molecule has 1 aromatic carbocycles. The fourth-order valence-electron chi connectivity index (χ4n) is 4.18. The monoisotopic (exact) mass is 498 g/mol. The van der Waals surface area contributed by atoms with Crippen LogP contribution < -0.4 is 5.32 Å². The number of ether oxygens (including phenoxy) is 1. The third-order valence-corrected chi connectivity index (χ3v) is 7.75. The number of fused-ring (bicyclic) bond motifs is 1. The number of carbonyl (C=O) groups is 1. The number of nitrogens with zero attached hydrogens (tertiary/aromatic N) is 2. The van der Waals surface area contributed by atoms with Gasteiger partial charge in [0, 0.05) is 19.2 Å². The fraction of sp³-hybridized carbons (Fsp3) is 0.423. The zero-order valence-corrected chi connectivity index (χ0v) is 21.6. The molecular weight excluding hydrogens is 464 g/mol. The average Bonchev–Trinajstić information content (AvgIpc) is 3.21. The highest BCUT2D eigenvalue weighted by molar-refractivity contribution is 7.92. The van der Waals surface area contributed by atoms with Crippen molar-refractivity contribution in [2.45, 2.75) is 63.3 Å². The van der Waals surface area contributed by atoms with E-state index >= 15 is 0 Å². The highest BCUT2D eigenvalue weighted by Gasteiger charge is 2.40. The van der Waals surface area contributed by atoms with Crippen molar-refractivity contribution in [3.63, 3.8) is 0 Å². The highest BCUT2D eigenvalue weighted by Crippen LogP contribution is 2.33. The normalized spacial score (nSPS) is 13.9. The SMILES string of the molecule is C=CCN[C@@H](CC(C)(C)Cc1nccc2[nH]c(C)nc12)C(OC(=O)CC)S(=O)(=O)c1ccccc1. The smallest absolute Gasteiger partial charge is 0.306 e. The summed E-state index contributed by atoms with van der Waals surface area (Å²) < 4.78 is 32.9. The van der Waals surface area contributed by atoms with Gasteiger partial charge in [-0.2, -0.15) is 0 Å². The molecule has 0 fully saturated rings. The predicted octanol–water partition coefficient (Wildman–Crippen LogP) is 4.12. The van der Waals surface area contributed by atoms with Crippen molar-refractivity contribution in [3.8, 4) is 0 Å². The molecule has 2 aromatic heterocycles. The van der Waals surface area contributed by atoms with Crippen molar-refractivity contribution < 1.29 is 17.9 Å². The molecule has 8 nitrogen and oxygen atoms in total. The van der Waals surface area contributed by atoms with E-state index in [0.717, 1.165) is 22.6 Å². The molecule has 2 N–H and O–H groups in total. The van der Waals surface area contributed by atoms with Gasteiger partial charge in [-0.3, -0.25) is 9.78 Å². The van der Waals surface area contributed by atoms with Gasteiger partial charge in [0.15, 0.2) is 0 Å². The third-order valence-electron chi connectivity index (χ3n) is 5.78. The van der Waals surface area contributed by atoms with Gasteiger partial charge in [0.25, 0.3) is 0 Å². The molecule has 2 heterocycles. The Labute approximate surface area is 207 Å². The number of rotatable bonds is 12. The zero-order chi connectivity index (χ0) is 25.6. The van der Waals surface area contributed by atoms with Crippen LogP contribution in [0.25, 0.3) is 11.0 Å². The summed E-state index contributed by atoms with van der Waals surface area (Å²) in [5.41, 5.74) is 0.738. The molecule has 0 saturated heterocycles. The number of esters is 1. The number of aromatic nitrogens is 3. The average molecular weight is 499 g/mol. The molecule has 0 saturated carbocycles. The van der Waals surface area contributed by atoms with E-state index in [4.69, 9.17) is 4.74 Å². The Bertz CT molecular complexity index is 1270. The highest BCUT2D eigenvalue weighted by atomic mass is 32.2. The minimum atomic E-state index is -3.99. The molecule has 0 aliphatic carbocycles. The lowest BCUT2D eigenvalue weighted by atomic mass is 9.81. The summed E-state index contributed by atoms with van der Waals surface area (Å²) in [6.07, 6.45) is 4.42. The number of benzene rings is 1. The number of H-pyrrole nitrogens is 1. The first kappa shape index (κ1) is 26.6. The lowest BCUT2D eigenvalue weighted by molar-refractivity contribution is -0.146. The minimum absolute atomic E-state index is 0.0722. The molecule has 0 radical (unpaired) electrons. The first-order valence-electron chi connectivity index (χ1n) is 11.7. The number of hydrogen-bond donors (Lipinski definition) is 2. The van der Waals surface area contributed by atoms with Crippen LogP contribution in [0.4, 0.5) is 0 Å². The van der Waals surface area contributed by atoms with E-state index in [2.05, 4.69) is 26.8 Å². The van der Waals surface area contributed by atoms with Gasteiger partial charge in [-0.1, -0.05) is 45.0 Å². The Kier molecular flexibility index (Phi) is 8.45. The Morgan fingerprint density at radius 2 is 1.97 bits per heavy atom. The van der Waals surface area contributed by atoms with Crippen LogP contribution in [0.5, 0.6) is 0 Å². The third kappa shape index (κ3) is 6.55. The molecule has 1 unspecified atom stereocenters. The number of nitrogens with one attached hydrogen (secondary N) is 2. The largest absolute Gasteiger partial charge is 0.444 e. The maximum atomic E-state index is 13.6. The van der Waals surface area contributed by atoms with Crippen molar-refractivity contribution in [2.75, 3.05) is 6.54 Å². The fourth-order valence-corrected chi connectivity index (χ4v) is 5.85. The zero-order valence-electron chi connectivity index (χ0n) is 20.7. The molecule has 0 aliphatic rings. The van der Waals surface area contributed by atoms with E-state index in [-0.39, 0.29) is 11.3 Å². The van der Waals surface area contributed by atoms with Crippen LogP contribution in [0.3, 0.4) is 0 Å². The Hall–Kier alpha value is -3.04. The first-order valence-corrected chi connectivity index (χ1v) is 13.2. The molecular formula is C26H34N4O4S. The Morgan fingerprint density at radius 1 is 1.26 bits per heavy atom. The summed E-state index contributed by atoms with van der Waals surface area (Å²) in [4.78, 5) is 24.8. The summed E-state index contributed by atoms with van der Waals surface area (Å²) in [5, 5.41) is 3.24. The molecule has 0 amide bonds.